The van der Waals surface area contributed by atoms with Crippen molar-refractivity contribution in [3.63, 3.8) is 0 Å². The zero-order valence-corrected chi connectivity index (χ0v) is 47.4. The first-order valence-electron chi connectivity index (χ1n) is 27.6. The van der Waals surface area contributed by atoms with Crippen molar-refractivity contribution in [1.82, 2.24) is 0 Å². The van der Waals surface area contributed by atoms with Crippen molar-refractivity contribution in [2.24, 2.45) is 0 Å². The maximum Gasteiger partial charge on any atom is 0.253 e. The molecule has 6 aliphatic rings. The lowest BCUT2D eigenvalue weighted by Gasteiger charge is -2.48. The number of hydrogen-bond donors (Lipinski definition) is 0. The summed E-state index contributed by atoms with van der Waals surface area (Å²) >= 11 is 2.13. The van der Waals surface area contributed by atoms with Gasteiger partial charge in [0, 0.05) is 33.3 Å². The van der Waals surface area contributed by atoms with Crippen LogP contribution in [0.15, 0.2) is 84.9 Å². The first kappa shape index (κ1) is 47.5. The lowest BCUT2D eigenvalue weighted by Crippen LogP contribution is -2.63. The molecule has 6 aromatic rings. The van der Waals surface area contributed by atoms with Crippen LogP contribution in [-0.2, 0) is 43.3 Å². The summed E-state index contributed by atoms with van der Waals surface area (Å²) in [6.07, 6.45) is 9.55. The third-order valence-corrected chi connectivity index (χ3v) is 21.7. The van der Waals surface area contributed by atoms with Gasteiger partial charge in [-0.15, -0.1) is 11.3 Å². The predicted molar refractivity (Wildman–Crippen MR) is 310 cm³/mol. The van der Waals surface area contributed by atoms with Crippen LogP contribution in [0.2, 0.25) is 0 Å². The van der Waals surface area contributed by atoms with E-state index in [1.807, 2.05) is 0 Å². The Kier molecular flexibility index (Phi) is 9.91. The van der Waals surface area contributed by atoms with E-state index < -0.39 is 0 Å². The van der Waals surface area contributed by atoms with Gasteiger partial charge in [-0.1, -0.05) is 153 Å². The van der Waals surface area contributed by atoms with Gasteiger partial charge in [-0.2, -0.15) is 0 Å². The van der Waals surface area contributed by atoms with Crippen LogP contribution in [0.3, 0.4) is 0 Å². The van der Waals surface area contributed by atoms with Crippen LogP contribution in [-0.4, -0.2) is 6.71 Å². The molecule has 0 saturated carbocycles. The van der Waals surface area contributed by atoms with Crippen LogP contribution in [0.5, 0.6) is 0 Å². The van der Waals surface area contributed by atoms with E-state index in [0.29, 0.717) is 0 Å². The number of aryl methyl sites for hydroxylation is 1. The third-order valence-electron chi connectivity index (χ3n) is 20.2. The molecule has 2 nitrogen and oxygen atoms in total. The van der Waals surface area contributed by atoms with Gasteiger partial charge in [0.25, 0.3) is 6.71 Å². The Morgan fingerprint density at radius 1 is 0.408 bits per heavy atom. The lowest BCUT2D eigenvalue weighted by atomic mass is 9.32. The van der Waals surface area contributed by atoms with Crippen molar-refractivity contribution in [3.05, 3.63) is 134 Å². The number of fused-ring (bicyclic) bond motifs is 9. The second-order valence-corrected chi connectivity index (χ2v) is 29.9. The second kappa shape index (κ2) is 14.8. The van der Waals surface area contributed by atoms with Gasteiger partial charge in [0.2, 0.25) is 0 Å². The second-order valence-electron chi connectivity index (χ2n) is 28.9. The summed E-state index contributed by atoms with van der Waals surface area (Å²) in [6.45, 7) is 42.6. The molecule has 0 fully saturated rings. The van der Waals surface area contributed by atoms with E-state index in [9.17, 15) is 0 Å². The molecule has 0 bridgehead atoms. The predicted octanol–water partition coefficient (Wildman–Crippen LogP) is 17.2. The zero-order chi connectivity index (χ0) is 50.5. The molecule has 0 spiro atoms. The minimum atomic E-state index is 0.0187. The summed E-state index contributed by atoms with van der Waals surface area (Å²) in [7, 11) is 0. The molecule has 12 rings (SSSR count). The fourth-order valence-corrected chi connectivity index (χ4v) is 16.6. The van der Waals surface area contributed by atoms with Gasteiger partial charge in [-0.25, -0.2) is 0 Å². The molecular formula is C67H81BN2S. The molecule has 0 unspecified atom stereocenters. The van der Waals surface area contributed by atoms with E-state index in [1.165, 1.54) is 140 Å². The van der Waals surface area contributed by atoms with Gasteiger partial charge >= 0.3 is 0 Å². The molecule has 1 aromatic heterocycles. The van der Waals surface area contributed by atoms with Crippen LogP contribution in [0.25, 0.3) is 11.1 Å². The molecular weight excluding hydrogens is 876 g/mol. The van der Waals surface area contributed by atoms with Crippen LogP contribution in [0.4, 0.5) is 33.4 Å². The average molecular weight is 957 g/mol. The number of benzene rings is 5. The number of rotatable bonds is 3. The molecule has 0 amide bonds. The largest absolute Gasteiger partial charge is 0.311 e. The van der Waals surface area contributed by atoms with Gasteiger partial charge in [0.1, 0.15) is 0 Å². The van der Waals surface area contributed by atoms with E-state index in [2.05, 4.69) is 224 Å². The van der Waals surface area contributed by atoms with E-state index in [0.717, 1.165) is 0 Å². The number of hydrogen-bond acceptors (Lipinski definition) is 3. The highest BCUT2D eigenvalue weighted by Gasteiger charge is 2.53. The first-order chi connectivity index (χ1) is 33.0. The summed E-state index contributed by atoms with van der Waals surface area (Å²) in [6, 6.07) is 35.2. The maximum atomic E-state index is 2.80. The van der Waals surface area contributed by atoms with Crippen molar-refractivity contribution in [1.29, 1.82) is 0 Å². The Morgan fingerprint density at radius 2 is 0.845 bits per heavy atom. The van der Waals surface area contributed by atoms with Crippen LogP contribution in [0, 0.1) is 6.92 Å². The molecule has 0 atom stereocenters. The van der Waals surface area contributed by atoms with Crippen LogP contribution >= 0.6 is 11.3 Å². The molecule has 4 heteroatoms. The summed E-state index contributed by atoms with van der Waals surface area (Å²) in [5.41, 5.74) is 26.4. The smallest absolute Gasteiger partial charge is 0.253 e. The van der Waals surface area contributed by atoms with E-state index in [4.69, 9.17) is 0 Å². The van der Waals surface area contributed by atoms with Crippen molar-refractivity contribution in [2.75, 3.05) is 9.80 Å². The lowest BCUT2D eigenvalue weighted by molar-refractivity contribution is 0.332. The maximum absolute atomic E-state index is 2.80. The zero-order valence-electron chi connectivity index (χ0n) is 46.6. The highest BCUT2D eigenvalue weighted by Crippen LogP contribution is 2.58. The van der Waals surface area contributed by atoms with Crippen LogP contribution in [0.1, 0.15) is 212 Å². The van der Waals surface area contributed by atoms with Gasteiger partial charge in [0.05, 0.1) is 5.00 Å². The van der Waals surface area contributed by atoms with E-state index >= 15 is 0 Å². The Balaban J connectivity index is 1.26. The SMILES string of the molecule is Cc1ccccc1-c1cc2c3c(c1)N(c1ccc4c(c1)C(C)(C)CCC4(C)C)c1sc4c(c1B3c1cc3c(cc1N2c1ccc2c(c1)C(C)(C)CCC2(C)C)C(C)(C)CCC3(C)C)C(C)(C)CCC4(C)C. The quantitative estimate of drug-likeness (QED) is 0.163. The summed E-state index contributed by atoms with van der Waals surface area (Å²) in [5, 5.41) is 1.44. The number of nitrogens with zero attached hydrogens (tertiary/aromatic N) is 2. The minimum absolute atomic E-state index is 0.0187. The topological polar surface area (TPSA) is 6.48 Å². The van der Waals surface area contributed by atoms with E-state index in [1.54, 1.807) is 21.5 Å². The summed E-state index contributed by atoms with van der Waals surface area (Å²) in [5.74, 6) is 0. The third kappa shape index (κ3) is 6.83. The molecule has 5 aromatic carbocycles. The highest BCUT2D eigenvalue weighted by atomic mass is 32.1. The van der Waals surface area contributed by atoms with E-state index in [-0.39, 0.29) is 50.0 Å². The summed E-state index contributed by atoms with van der Waals surface area (Å²) < 4.78 is 0. The Hall–Kier alpha value is -4.54. The molecule has 368 valence electrons. The highest BCUT2D eigenvalue weighted by molar-refractivity contribution is 7.20. The number of thiophene rings is 1. The van der Waals surface area contributed by atoms with Crippen molar-refractivity contribution in [2.45, 2.75) is 212 Å². The molecule has 71 heavy (non-hydrogen) atoms. The van der Waals surface area contributed by atoms with Crippen molar-refractivity contribution < 1.29 is 0 Å². The van der Waals surface area contributed by atoms with Gasteiger partial charge in [-0.3, -0.25) is 0 Å². The Bertz CT molecular complexity index is 3250. The van der Waals surface area contributed by atoms with Gasteiger partial charge in [0.15, 0.2) is 0 Å². The molecule has 3 heterocycles. The van der Waals surface area contributed by atoms with Crippen molar-refractivity contribution in [3.8, 4) is 11.1 Å². The fourth-order valence-electron chi connectivity index (χ4n) is 14.9. The normalized spacial score (nSPS) is 22.5. The van der Waals surface area contributed by atoms with Gasteiger partial charge < -0.3 is 9.80 Å². The standard InChI is InChI=1S/C67H81BN2S/c1-40-20-18-19-21-44(40)41-34-53-56-54(35-41)70(43-23-25-46-48(37-43)63(8,9)29-27-61(46,4)5)59-57(55-58(71-59)67(16,17)33-32-66(55,14)15)68(56)51-38-49-50(65(12,13)31-30-64(49,10)11)39-52(51)69(53)42-22-24-45-47(36-42)62(6,7)28-26-60(45,2)3/h18-25,34-39H,26-33H2,1-17H3. The van der Waals surface area contributed by atoms with Crippen molar-refractivity contribution >= 4 is 67.9 Å². The average Bonchev–Trinajstić information content (AvgIpc) is 3.73. The fraction of sp³-hybridized carbons (Fsp3) is 0.493. The molecule has 0 N–H and O–H groups in total. The Morgan fingerprint density at radius 3 is 1.38 bits per heavy atom. The number of anilines is 6. The molecule has 4 aliphatic carbocycles. The first-order valence-corrected chi connectivity index (χ1v) is 28.4. The van der Waals surface area contributed by atoms with Gasteiger partial charge in [-0.05, 0) is 216 Å². The molecule has 0 saturated heterocycles. The monoisotopic (exact) mass is 957 g/mol. The molecule has 2 aliphatic heterocycles. The molecule has 0 radical (unpaired) electrons. The van der Waals surface area contributed by atoms with Crippen LogP contribution < -0.4 is 26.2 Å². The Labute approximate surface area is 433 Å². The summed E-state index contributed by atoms with van der Waals surface area (Å²) in [4.78, 5) is 7.17. The minimum Gasteiger partial charge on any atom is -0.311 e.